The van der Waals surface area contributed by atoms with Gasteiger partial charge >= 0.3 is 0 Å². The van der Waals surface area contributed by atoms with Crippen molar-refractivity contribution < 1.29 is 9.13 Å². The van der Waals surface area contributed by atoms with E-state index in [9.17, 15) is 4.39 Å². The first-order valence-electron chi connectivity index (χ1n) is 6.57. The Balaban J connectivity index is 2.32. The molecule has 2 aromatic rings. The zero-order chi connectivity index (χ0) is 14.5. The van der Waals surface area contributed by atoms with Crippen molar-refractivity contribution in [2.75, 3.05) is 0 Å². The summed E-state index contributed by atoms with van der Waals surface area (Å²) in [6.07, 6.45) is 1.43. The summed E-state index contributed by atoms with van der Waals surface area (Å²) in [7, 11) is 0. The molecule has 0 aliphatic carbocycles. The Hall–Kier alpha value is -1.58. The van der Waals surface area contributed by atoms with Crippen LogP contribution < -0.4 is 10.5 Å². The molecule has 0 aliphatic heterocycles. The number of hydrogen-bond acceptors (Lipinski definition) is 2. The maximum Gasteiger partial charge on any atom is 0.165 e. The molecule has 0 saturated heterocycles. The van der Waals surface area contributed by atoms with Crippen LogP contribution in [0.2, 0.25) is 5.02 Å². The number of rotatable bonds is 5. The highest BCUT2D eigenvalue weighted by Crippen LogP contribution is 2.32. The van der Waals surface area contributed by atoms with E-state index >= 15 is 0 Å². The van der Waals surface area contributed by atoms with Crippen molar-refractivity contribution in [2.45, 2.75) is 25.8 Å². The average molecular weight is 294 g/mol. The summed E-state index contributed by atoms with van der Waals surface area (Å²) in [6, 6.07) is 11.6. The normalized spacial score (nSPS) is 12.2. The summed E-state index contributed by atoms with van der Waals surface area (Å²) < 4.78 is 19.3. The molecule has 0 aromatic heterocycles. The van der Waals surface area contributed by atoms with Gasteiger partial charge in [0, 0.05) is 16.6 Å². The molecule has 0 saturated carbocycles. The molecule has 20 heavy (non-hydrogen) atoms. The standard InChI is InChI=1S/C16H17ClFNO/c1-2-11(19)10-12-13(17)6-5-9-15(12)20-16-8-4-3-7-14(16)18/h3-9,11H,2,10,19H2,1H3. The van der Waals surface area contributed by atoms with E-state index in [1.54, 1.807) is 36.4 Å². The van der Waals surface area contributed by atoms with Gasteiger partial charge in [0.15, 0.2) is 11.6 Å². The fraction of sp³-hybridized carbons (Fsp3) is 0.250. The monoisotopic (exact) mass is 293 g/mol. The summed E-state index contributed by atoms with van der Waals surface area (Å²) in [5.41, 5.74) is 6.79. The topological polar surface area (TPSA) is 35.2 Å². The predicted molar refractivity (Wildman–Crippen MR) is 79.9 cm³/mol. The van der Waals surface area contributed by atoms with Crippen molar-refractivity contribution in [3.05, 3.63) is 58.9 Å². The molecule has 1 unspecified atom stereocenters. The summed E-state index contributed by atoms with van der Waals surface area (Å²) in [6.45, 7) is 2.01. The summed E-state index contributed by atoms with van der Waals surface area (Å²) in [5.74, 6) is 0.325. The van der Waals surface area contributed by atoms with Gasteiger partial charge in [-0.25, -0.2) is 4.39 Å². The first kappa shape index (κ1) is 14.8. The molecule has 0 spiro atoms. The van der Waals surface area contributed by atoms with Crippen molar-refractivity contribution >= 4 is 11.6 Å². The molecular weight excluding hydrogens is 277 g/mol. The van der Waals surface area contributed by atoms with E-state index in [0.717, 1.165) is 12.0 Å². The van der Waals surface area contributed by atoms with E-state index in [4.69, 9.17) is 22.1 Å². The van der Waals surface area contributed by atoms with Crippen molar-refractivity contribution in [3.8, 4) is 11.5 Å². The highest BCUT2D eigenvalue weighted by molar-refractivity contribution is 6.31. The highest BCUT2D eigenvalue weighted by Gasteiger charge is 2.13. The number of nitrogens with two attached hydrogens (primary N) is 1. The smallest absolute Gasteiger partial charge is 0.165 e. The average Bonchev–Trinajstić information content (AvgIpc) is 2.44. The minimum atomic E-state index is -0.404. The largest absolute Gasteiger partial charge is 0.454 e. The molecule has 0 aliphatic rings. The Bertz CT molecular complexity index is 588. The lowest BCUT2D eigenvalue weighted by Crippen LogP contribution is -2.21. The maximum atomic E-state index is 13.7. The van der Waals surface area contributed by atoms with E-state index in [2.05, 4.69) is 0 Å². The molecule has 0 bridgehead atoms. The van der Waals surface area contributed by atoms with Crippen LogP contribution in [0.4, 0.5) is 4.39 Å². The number of para-hydroxylation sites is 1. The van der Waals surface area contributed by atoms with Gasteiger partial charge in [0.1, 0.15) is 5.75 Å². The maximum absolute atomic E-state index is 13.7. The van der Waals surface area contributed by atoms with Crippen molar-refractivity contribution in [3.63, 3.8) is 0 Å². The molecule has 0 amide bonds. The molecule has 2 aromatic carbocycles. The number of hydrogen-bond donors (Lipinski definition) is 1. The Labute approximate surface area is 123 Å². The molecule has 4 heteroatoms. The summed E-state index contributed by atoms with van der Waals surface area (Å²) in [4.78, 5) is 0. The van der Waals surface area contributed by atoms with Crippen LogP contribution in [0.25, 0.3) is 0 Å². The van der Waals surface area contributed by atoms with E-state index in [1.165, 1.54) is 6.07 Å². The van der Waals surface area contributed by atoms with Crippen LogP contribution in [-0.4, -0.2) is 6.04 Å². The third-order valence-corrected chi connectivity index (χ3v) is 3.48. The van der Waals surface area contributed by atoms with Gasteiger partial charge in [-0.05, 0) is 37.1 Å². The van der Waals surface area contributed by atoms with Crippen LogP contribution in [0.15, 0.2) is 42.5 Å². The number of benzene rings is 2. The number of ether oxygens (including phenoxy) is 1. The molecule has 0 fully saturated rings. The van der Waals surface area contributed by atoms with E-state index in [1.807, 2.05) is 6.92 Å². The van der Waals surface area contributed by atoms with Gasteiger partial charge in [-0.2, -0.15) is 0 Å². The van der Waals surface area contributed by atoms with Gasteiger partial charge in [-0.15, -0.1) is 0 Å². The van der Waals surface area contributed by atoms with E-state index in [-0.39, 0.29) is 11.8 Å². The fourth-order valence-electron chi connectivity index (χ4n) is 1.89. The molecule has 0 radical (unpaired) electrons. The quantitative estimate of drug-likeness (QED) is 0.877. The van der Waals surface area contributed by atoms with Gasteiger partial charge < -0.3 is 10.5 Å². The zero-order valence-electron chi connectivity index (χ0n) is 11.3. The van der Waals surface area contributed by atoms with Crippen LogP contribution in [0.5, 0.6) is 11.5 Å². The van der Waals surface area contributed by atoms with E-state index in [0.29, 0.717) is 17.2 Å². The second-order valence-corrected chi connectivity index (χ2v) is 5.03. The third-order valence-electron chi connectivity index (χ3n) is 3.12. The van der Waals surface area contributed by atoms with Crippen LogP contribution in [-0.2, 0) is 6.42 Å². The van der Waals surface area contributed by atoms with Crippen molar-refractivity contribution in [2.24, 2.45) is 5.73 Å². The summed E-state index contributed by atoms with van der Waals surface area (Å²) in [5, 5.41) is 0.586. The zero-order valence-corrected chi connectivity index (χ0v) is 12.0. The second kappa shape index (κ2) is 6.73. The van der Waals surface area contributed by atoms with Crippen LogP contribution in [0, 0.1) is 5.82 Å². The third kappa shape index (κ3) is 3.50. The lowest BCUT2D eigenvalue weighted by atomic mass is 10.0. The molecule has 106 valence electrons. The summed E-state index contributed by atoms with van der Waals surface area (Å²) >= 11 is 6.21. The predicted octanol–water partition coefficient (Wildman–Crippen LogP) is 4.55. The minimum absolute atomic E-state index is 0.00197. The fourth-order valence-corrected chi connectivity index (χ4v) is 2.13. The van der Waals surface area contributed by atoms with Crippen LogP contribution in [0.1, 0.15) is 18.9 Å². The number of halogens is 2. The van der Waals surface area contributed by atoms with Gasteiger partial charge in [0.05, 0.1) is 0 Å². The van der Waals surface area contributed by atoms with Gasteiger partial charge in [0.2, 0.25) is 0 Å². The Morgan fingerprint density at radius 2 is 1.85 bits per heavy atom. The van der Waals surface area contributed by atoms with Crippen molar-refractivity contribution in [1.82, 2.24) is 0 Å². The molecule has 2 rings (SSSR count). The van der Waals surface area contributed by atoms with Crippen molar-refractivity contribution in [1.29, 1.82) is 0 Å². The second-order valence-electron chi connectivity index (χ2n) is 4.62. The van der Waals surface area contributed by atoms with Gasteiger partial charge in [-0.1, -0.05) is 36.7 Å². The molecule has 2 N–H and O–H groups in total. The minimum Gasteiger partial charge on any atom is -0.454 e. The molecule has 1 atom stereocenters. The lowest BCUT2D eigenvalue weighted by Gasteiger charge is -2.15. The Morgan fingerprint density at radius 3 is 2.55 bits per heavy atom. The lowest BCUT2D eigenvalue weighted by molar-refractivity contribution is 0.435. The van der Waals surface area contributed by atoms with Crippen LogP contribution >= 0.6 is 11.6 Å². The first-order valence-corrected chi connectivity index (χ1v) is 6.95. The van der Waals surface area contributed by atoms with Crippen LogP contribution in [0.3, 0.4) is 0 Å². The Kier molecular flexibility index (Phi) is 4.99. The van der Waals surface area contributed by atoms with Gasteiger partial charge in [-0.3, -0.25) is 0 Å². The molecule has 0 heterocycles. The molecule has 2 nitrogen and oxygen atoms in total. The molecular formula is C16H17ClFNO. The van der Waals surface area contributed by atoms with Gasteiger partial charge in [0.25, 0.3) is 0 Å². The first-order chi connectivity index (χ1) is 9.61. The highest BCUT2D eigenvalue weighted by atomic mass is 35.5. The van der Waals surface area contributed by atoms with E-state index < -0.39 is 5.82 Å². The Morgan fingerprint density at radius 1 is 1.15 bits per heavy atom. The SMILES string of the molecule is CCC(N)Cc1c(Cl)cccc1Oc1ccccc1F.